The van der Waals surface area contributed by atoms with E-state index in [1.165, 1.54) is 27.8 Å². The first kappa shape index (κ1) is 38.5. The van der Waals surface area contributed by atoms with Crippen molar-refractivity contribution < 1.29 is 0 Å². The van der Waals surface area contributed by atoms with Crippen LogP contribution in [0.5, 0.6) is 0 Å². The summed E-state index contributed by atoms with van der Waals surface area (Å²) in [6, 6.07) is 77.0. The molecule has 296 valence electrons. The number of hydrogen-bond acceptors (Lipinski definition) is 3. The smallest absolute Gasteiger partial charge is 0.0973 e. The average molecular weight is 796 g/mol. The molecule has 0 aliphatic heterocycles. The summed E-state index contributed by atoms with van der Waals surface area (Å²) in [7, 11) is 0. The number of aromatic nitrogens is 2. The molecule has 0 saturated heterocycles. The molecule has 0 saturated carbocycles. The van der Waals surface area contributed by atoms with Gasteiger partial charge in [0, 0.05) is 33.7 Å². The van der Waals surface area contributed by atoms with Gasteiger partial charge in [0.05, 0.1) is 34.2 Å². The van der Waals surface area contributed by atoms with Gasteiger partial charge in [0.15, 0.2) is 0 Å². The SMILES string of the molecule is C/C(=C(\N=C(\c1ccccc1)C(C)c1ccccc1)c1cccc(-c2nc(-c3ccccc3)c(-c3ccccc3)nc2-c2ccccc2)c1)c1ccc2c(c1)Cc1ccccc1-2. The van der Waals surface area contributed by atoms with Crippen LogP contribution in [0.15, 0.2) is 223 Å². The maximum Gasteiger partial charge on any atom is 0.0973 e. The van der Waals surface area contributed by atoms with Gasteiger partial charge in [-0.1, -0.05) is 219 Å². The van der Waals surface area contributed by atoms with Gasteiger partial charge < -0.3 is 0 Å². The fourth-order valence-corrected chi connectivity index (χ4v) is 8.76. The Bertz CT molecular complexity index is 3080. The molecule has 0 fully saturated rings. The van der Waals surface area contributed by atoms with Gasteiger partial charge in [-0.25, -0.2) is 9.97 Å². The molecule has 1 aliphatic rings. The van der Waals surface area contributed by atoms with Crippen LogP contribution in [0.25, 0.3) is 67.4 Å². The van der Waals surface area contributed by atoms with E-state index in [4.69, 9.17) is 15.0 Å². The zero-order valence-electron chi connectivity index (χ0n) is 34.9. The molecule has 0 spiro atoms. The molecule has 1 atom stereocenters. The molecule has 0 bridgehead atoms. The predicted molar refractivity (Wildman–Crippen MR) is 259 cm³/mol. The van der Waals surface area contributed by atoms with Crippen LogP contribution in [0.4, 0.5) is 0 Å². The Morgan fingerprint density at radius 3 is 1.48 bits per heavy atom. The monoisotopic (exact) mass is 795 g/mol. The molecule has 0 N–H and O–H groups in total. The Morgan fingerprint density at radius 2 is 0.887 bits per heavy atom. The van der Waals surface area contributed by atoms with Crippen LogP contribution in [0.3, 0.4) is 0 Å². The molecular formula is C59H45N3. The van der Waals surface area contributed by atoms with Crippen LogP contribution in [-0.4, -0.2) is 15.7 Å². The normalized spacial score (nSPS) is 12.9. The summed E-state index contributed by atoms with van der Waals surface area (Å²) in [5.41, 5.74) is 20.2. The first-order chi connectivity index (χ1) is 30.6. The second kappa shape index (κ2) is 17.1. The zero-order valence-corrected chi connectivity index (χ0v) is 34.9. The van der Waals surface area contributed by atoms with Gasteiger partial charge in [0.25, 0.3) is 0 Å². The van der Waals surface area contributed by atoms with Crippen LogP contribution in [0.2, 0.25) is 0 Å². The first-order valence-corrected chi connectivity index (χ1v) is 21.4. The van der Waals surface area contributed by atoms with Gasteiger partial charge in [-0.05, 0) is 63.9 Å². The molecule has 62 heavy (non-hydrogen) atoms. The number of rotatable bonds is 10. The molecule has 10 rings (SSSR count). The second-order valence-electron chi connectivity index (χ2n) is 16.0. The van der Waals surface area contributed by atoms with Crippen LogP contribution in [0.1, 0.15) is 53.1 Å². The van der Waals surface area contributed by atoms with Crippen molar-refractivity contribution in [2.75, 3.05) is 0 Å². The van der Waals surface area contributed by atoms with Gasteiger partial charge in [-0.3, -0.25) is 4.99 Å². The van der Waals surface area contributed by atoms with Crippen LogP contribution >= 0.6 is 0 Å². The Balaban J connectivity index is 1.20. The average Bonchev–Trinajstić information content (AvgIpc) is 3.73. The summed E-state index contributed by atoms with van der Waals surface area (Å²) < 4.78 is 0. The Kier molecular flexibility index (Phi) is 10.6. The number of allylic oxidation sites excluding steroid dienone is 1. The van der Waals surface area contributed by atoms with Crippen molar-refractivity contribution in [2.24, 2.45) is 4.99 Å². The lowest BCUT2D eigenvalue weighted by Crippen LogP contribution is -2.12. The quantitative estimate of drug-likeness (QED) is 0.102. The highest BCUT2D eigenvalue weighted by Gasteiger charge is 2.23. The van der Waals surface area contributed by atoms with E-state index in [0.717, 1.165) is 85.1 Å². The van der Waals surface area contributed by atoms with Crippen LogP contribution < -0.4 is 0 Å². The molecule has 0 amide bonds. The Morgan fingerprint density at radius 1 is 0.419 bits per heavy atom. The van der Waals surface area contributed by atoms with Gasteiger partial charge >= 0.3 is 0 Å². The van der Waals surface area contributed by atoms with E-state index in [-0.39, 0.29) is 5.92 Å². The van der Waals surface area contributed by atoms with E-state index in [1.807, 2.05) is 18.2 Å². The standard InChI is InChI=1S/C59H45N3/c1-40(42-21-8-3-9-22-42)54(43-23-10-4-11-24-43)60-55(41(2)47-35-36-53-51(37-47)38-48-31-18-19-34-52(48)53)49-32-20-33-50(39-49)59-58(46-29-16-7-17-30-46)61-56(44-25-12-5-13-26-44)57(62-59)45-27-14-6-15-28-45/h3-37,39-40H,38H2,1-2H3/b55-41+,60-54+. The number of benzene rings is 8. The largest absolute Gasteiger partial charge is 0.251 e. The third-order valence-electron chi connectivity index (χ3n) is 12.0. The maximum atomic E-state index is 5.80. The predicted octanol–water partition coefficient (Wildman–Crippen LogP) is 14.9. The molecule has 3 heteroatoms. The van der Waals surface area contributed by atoms with Gasteiger partial charge in [0.1, 0.15) is 0 Å². The Labute approximate surface area is 364 Å². The minimum atomic E-state index is 0.0219. The zero-order chi connectivity index (χ0) is 41.8. The summed E-state index contributed by atoms with van der Waals surface area (Å²) in [5, 5.41) is 0. The first-order valence-electron chi connectivity index (χ1n) is 21.4. The molecule has 8 aromatic carbocycles. The second-order valence-corrected chi connectivity index (χ2v) is 16.0. The summed E-state index contributed by atoms with van der Waals surface area (Å²) >= 11 is 0. The number of aliphatic imine (C=N–C) groups is 1. The molecule has 1 aliphatic carbocycles. The van der Waals surface area contributed by atoms with Crippen molar-refractivity contribution in [3.8, 4) is 56.2 Å². The number of fused-ring (bicyclic) bond motifs is 3. The van der Waals surface area contributed by atoms with Crippen molar-refractivity contribution in [3.05, 3.63) is 252 Å². The lowest BCUT2D eigenvalue weighted by molar-refractivity contribution is 1.02. The minimum absolute atomic E-state index is 0.0219. The van der Waals surface area contributed by atoms with Gasteiger partial charge in [-0.2, -0.15) is 0 Å². The fourth-order valence-electron chi connectivity index (χ4n) is 8.76. The van der Waals surface area contributed by atoms with E-state index in [1.54, 1.807) is 0 Å². The molecule has 1 aromatic heterocycles. The summed E-state index contributed by atoms with van der Waals surface area (Å²) in [6.07, 6.45) is 0.921. The van der Waals surface area contributed by atoms with Crippen molar-refractivity contribution in [2.45, 2.75) is 26.2 Å². The van der Waals surface area contributed by atoms with E-state index in [9.17, 15) is 0 Å². The van der Waals surface area contributed by atoms with E-state index in [0.29, 0.717) is 0 Å². The van der Waals surface area contributed by atoms with Gasteiger partial charge in [0.2, 0.25) is 0 Å². The van der Waals surface area contributed by atoms with Crippen LogP contribution in [-0.2, 0) is 6.42 Å². The van der Waals surface area contributed by atoms with E-state index in [2.05, 4.69) is 214 Å². The third kappa shape index (κ3) is 7.61. The summed E-state index contributed by atoms with van der Waals surface area (Å²) in [4.78, 5) is 16.9. The van der Waals surface area contributed by atoms with E-state index >= 15 is 0 Å². The van der Waals surface area contributed by atoms with Crippen molar-refractivity contribution >= 4 is 17.0 Å². The van der Waals surface area contributed by atoms with Gasteiger partial charge in [-0.15, -0.1) is 0 Å². The highest BCUT2D eigenvalue weighted by molar-refractivity contribution is 6.09. The molecule has 3 nitrogen and oxygen atoms in total. The maximum absolute atomic E-state index is 5.80. The van der Waals surface area contributed by atoms with Crippen molar-refractivity contribution in [1.29, 1.82) is 0 Å². The lowest BCUT2D eigenvalue weighted by Gasteiger charge is -2.20. The molecule has 9 aromatic rings. The number of hydrogen-bond donors (Lipinski definition) is 0. The summed E-state index contributed by atoms with van der Waals surface area (Å²) in [5.74, 6) is 0.0219. The highest BCUT2D eigenvalue weighted by Crippen LogP contribution is 2.41. The van der Waals surface area contributed by atoms with E-state index < -0.39 is 0 Å². The highest BCUT2D eigenvalue weighted by atomic mass is 14.9. The third-order valence-corrected chi connectivity index (χ3v) is 12.0. The lowest BCUT2D eigenvalue weighted by atomic mass is 9.90. The topological polar surface area (TPSA) is 38.1 Å². The van der Waals surface area contributed by atoms with Crippen molar-refractivity contribution in [1.82, 2.24) is 9.97 Å². The molecule has 1 unspecified atom stereocenters. The molecular weight excluding hydrogens is 751 g/mol. The minimum Gasteiger partial charge on any atom is -0.251 e. The number of nitrogens with zero attached hydrogens (tertiary/aromatic N) is 3. The van der Waals surface area contributed by atoms with Crippen LogP contribution in [0, 0.1) is 0 Å². The fraction of sp³-hybridized carbons (Fsp3) is 0.0678. The molecule has 0 radical (unpaired) electrons. The van der Waals surface area contributed by atoms with Crippen molar-refractivity contribution in [3.63, 3.8) is 0 Å². The molecule has 1 heterocycles. The Hall–Kier alpha value is -7.75. The summed E-state index contributed by atoms with van der Waals surface area (Å²) in [6.45, 7) is 4.49.